The van der Waals surface area contributed by atoms with E-state index in [9.17, 15) is 9.59 Å². The first-order valence-corrected chi connectivity index (χ1v) is 7.36. The normalized spacial score (nSPS) is 21.0. The van der Waals surface area contributed by atoms with Crippen LogP contribution >= 0.6 is 0 Å². The number of rotatable bonds is 4. The van der Waals surface area contributed by atoms with Crippen LogP contribution in [-0.4, -0.2) is 42.5 Å². The third-order valence-corrected chi connectivity index (χ3v) is 4.17. The molecule has 114 valence electrons. The number of nitrogens with one attached hydrogen (secondary N) is 2. The molecule has 0 unspecified atom stereocenters. The number of carbonyl (C=O) groups is 2. The molecule has 1 aromatic rings. The van der Waals surface area contributed by atoms with E-state index in [0.29, 0.717) is 13.0 Å². The molecule has 1 aliphatic rings. The maximum absolute atomic E-state index is 12.0. The van der Waals surface area contributed by atoms with Crippen molar-refractivity contribution < 1.29 is 9.59 Å². The Kier molecular flexibility index (Phi) is 4.83. The zero-order chi connectivity index (χ0) is 15.4. The fourth-order valence-corrected chi connectivity index (χ4v) is 2.53. The van der Waals surface area contributed by atoms with Gasteiger partial charge >= 0.3 is 6.03 Å². The summed E-state index contributed by atoms with van der Waals surface area (Å²) in [6.07, 6.45) is 0.672. The molecule has 1 fully saturated rings. The second kappa shape index (κ2) is 6.61. The summed E-state index contributed by atoms with van der Waals surface area (Å²) in [4.78, 5) is 25.4. The van der Waals surface area contributed by atoms with Crippen molar-refractivity contribution in [2.75, 3.05) is 13.6 Å². The zero-order valence-corrected chi connectivity index (χ0v) is 12.8. The molecule has 0 spiro atoms. The number of likely N-dealkylation sites (N-methyl/N-ethyl adjacent to an activating group) is 1. The number of urea groups is 1. The Hall–Kier alpha value is -2.04. The molecule has 5 nitrogen and oxygen atoms in total. The van der Waals surface area contributed by atoms with Gasteiger partial charge in [0.05, 0.1) is 0 Å². The molecule has 3 atom stereocenters. The molecule has 0 saturated carbocycles. The predicted molar refractivity (Wildman–Crippen MR) is 82.0 cm³/mol. The largest absolute Gasteiger partial charge is 0.344 e. The summed E-state index contributed by atoms with van der Waals surface area (Å²) in [7, 11) is 1.75. The van der Waals surface area contributed by atoms with E-state index < -0.39 is 6.04 Å². The molecule has 1 aromatic carbocycles. The van der Waals surface area contributed by atoms with E-state index in [4.69, 9.17) is 0 Å². The minimum atomic E-state index is -0.394. The van der Waals surface area contributed by atoms with Crippen molar-refractivity contribution in [2.24, 2.45) is 0 Å². The van der Waals surface area contributed by atoms with Gasteiger partial charge in [0.25, 0.3) is 0 Å². The molecule has 1 aliphatic heterocycles. The quantitative estimate of drug-likeness (QED) is 0.886. The van der Waals surface area contributed by atoms with Crippen LogP contribution in [0.15, 0.2) is 30.3 Å². The van der Waals surface area contributed by atoms with E-state index in [0.717, 1.165) is 0 Å². The van der Waals surface area contributed by atoms with E-state index in [1.807, 2.05) is 25.1 Å². The number of carbonyl (C=O) groups excluding carboxylic acids is 2. The van der Waals surface area contributed by atoms with Gasteiger partial charge in [-0.1, -0.05) is 37.3 Å². The average Bonchev–Trinajstić information content (AvgIpc) is 2.79. The van der Waals surface area contributed by atoms with Crippen molar-refractivity contribution in [3.05, 3.63) is 35.9 Å². The molecule has 1 heterocycles. The van der Waals surface area contributed by atoms with E-state index >= 15 is 0 Å². The van der Waals surface area contributed by atoms with Crippen molar-refractivity contribution in [1.29, 1.82) is 0 Å². The monoisotopic (exact) mass is 289 g/mol. The van der Waals surface area contributed by atoms with Gasteiger partial charge in [0.15, 0.2) is 0 Å². The van der Waals surface area contributed by atoms with Gasteiger partial charge in [-0.15, -0.1) is 0 Å². The Morgan fingerprint density at radius 2 is 1.95 bits per heavy atom. The average molecular weight is 289 g/mol. The molecular formula is C16H23N3O2. The summed E-state index contributed by atoms with van der Waals surface area (Å²) in [5.74, 6) is 0.188. The summed E-state index contributed by atoms with van der Waals surface area (Å²) in [5, 5.41) is 5.67. The van der Waals surface area contributed by atoms with Crippen molar-refractivity contribution >= 4 is 11.9 Å². The highest BCUT2D eigenvalue weighted by atomic mass is 16.2. The lowest BCUT2D eigenvalue weighted by Gasteiger charge is -2.23. The Morgan fingerprint density at radius 3 is 2.52 bits per heavy atom. The number of hydrogen-bond donors (Lipinski definition) is 2. The number of hydrogen-bond acceptors (Lipinski definition) is 2. The number of amides is 3. The Labute approximate surface area is 125 Å². The lowest BCUT2D eigenvalue weighted by molar-refractivity contribution is -0.128. The second-order valence-electron chi connectivity index (χ2n) is 5.71. The van der Waals surface area contributed by atoms with Crippen LogP contribution in [0.25, 0.3) is 0 Å². The summed E-state index contributed by atoms with van der Waals surface area (Å²) in [6, 6.07) is 9.38. The lowest BCUT2D eigenvalue weighted by atomic mass is 9.94. The van der Waals surface area contributed by atoms with Crippen molar-refractivity contribution in [2.45, 2.75) is 38.3 Å². The van der Waals surface area contributed by atoms with E-state index in [1.165, 1.54) is 5.56 Å². The van der Waals surface area contributed by atoms with Crippen LogP contribution in [0, 0.1) is 0 Å². The Morgan fingerprint density at radius 1 is 1.29 bits per heavy atom. The first-order chi connectivity index (χ1) is 9.99. The van der Waals surface area contributed by atoms with E-state index in [-0.39, 0.29) is 23.9 Å². The molecule has 3 amide bonds. The summed E-state index contributed by atoms with van der Waals surface area (Å²) in [5.41, 5.74) is 1.18. The van der Waals surface area contributed by atoms with Crippen LogP contribution in [0.2, 0.25) is 0 Å². The van der Waals surface area contributed by atoms with E-state index in [1.54, 1.807) is 11.9 Å². The third kappa shape index (κ3) is 3.74. The fraction of sp³-hybridized carbons (Fsp3) is 0.500. The van der Waals surface area contributed by atoms with Crippen LogP contribution in [0.5, 0.6) is 0 Å². The second-order valence-corrected chi connectivity index (χ2v) is 5.71. The molecule has 0 bridgehead atoms. The summed E-state index contributed by atoms with van der Waals surface area (Å²) in [6.45, 7) is 4.74. The fourth-order valence-electron chi connectivity index (χ4n) is 2.53. The molecule has 2 rings (SSSR count). The maximum atomic E-state index is 12.0. The van der Waals surface area contributed by atoms with Gasteiger partial charge in [0.2, 0.25) is 5.91 Å². The zero-order valence-electron chi connectivity index (χ0n) is 12.8. The highest BCUT2D eigenvalue weighted by molar-refractivity contribution is 5.88. The van der Waals surface area contributed by atoms with Crippen molar-refractivity contribution in [3.63, 3.8) is 0 Å². The third-order valence-electron chi connectivity index (χ3n) is 4.17. The molecule has 0 aromatic heterocycles. The first kappa shape index (κ1) is 15.4. The topological polar surface area (TPSA) is 61.4 Å². The number of likely N-dealkylation sites (tertiary alicyclic amines) is 1. The van der Waals surface area contributed by atoms with Gasteiger partial charge in [-0.3, -0.25) is 4.79 Å². The van der Waals surface area contributed by atoms with Gasteiger partial charge in [0, 0.05) is 25.6 Å². The molecule has 0 radical (unpaired) electrons. The van der Waals surface area contributed by atoms with Gasteiger partial charge in [-0.05, 0) is 18.9 Å². The summed E-state index contributed by atoms with van der Waals surface area (Å²) < 4.78 is 0. The van der Waals surface area contributed by atoms with Gasteiger partial charge in [-0.2, -0.15) is 0 Å². The first-order valence-electron chi connectivity index (χ1n) is 7.36. The van der Waals surface area contributed by atoms with Crippen LogP contribution in [0.4, 0.5) is 4.79 Å². The van der Waals surface area contributed by atoms with Crippen LogP contribution < -0.4 is 10.6 Å². The van der Waals surface area contributed by atoms with Crippen molar-refractivity contribution in [1.82, 2.24) is 15.5 Å². The number of nitrogens with zero attached hydrogens (tertiary/aromatic N) is 1. The van der Waals surface area contributed by atoms with Crippen LogP contribution in [-0.2, 0) is 4.79 Å². The Bertz CT molecular complexity index is 504. The maximum Gasteiger partial charge on any atom is 0.315 e. The minimum absolute atomic E-state index is 0.0124. The standard InChI is InChI=1S/C16H23N3O2/c1-11(13-7-5-4-6-8-13)12(2)17-16(21)18-14-9-10-19(3)15(14)20/h4-8,11-12,14H,9-10H2,1-3H3,(H2,17,18,21)/t11-,12+,14-/m1/s1. The highest BCUT2D eigenvalue weighted by Crippen LogP contribution is 2.18. The SMILES string of the molecule is C[C@H](NC(=O)N[C@@H]1CCN(C)C1=O)[C@@H](C)c1ccccc1. The molecule has 0 aliphatic carbocycles. The van der Waals surface area contributed by atoms with E-state index in [2.05, 4.69) is 29.7 Å². The van der Waals surface area contributed by atoms with Gasteiger partial charge < -0.3 is 15.5 Å². The summed E-state index contributed by atoms with van der Waals surface area (Å²) >= 11 is 0. The smallest absolute Gasteiger partial charge is 0.315 e. The molecular weight excluding hydrogens is 266 g/mol. The number of benzene rings is 1. The molecule has 5 heteroatoms. The van der Waals surface area contributed by atoms with Crippen molar-refractivity contribution in [3.8, 4) is 0 Å². The minimum Gasteiger partial charge on any atom is -0.344 e. The highest BCUT2D eigenvalue weighted by Gasteiger charge is 2.30. The van der Waals surface area contributed by atoms with Crippen LogP contribution in [0.1, 0.15) is 31.7 Å². The molecule has 21 heavy (non-hydrogen) atoms. The molecule has 1 saturated heterocycles. The van der Waals surface area contributed by atoms with Gasteiger partial charge in [-0.25, -0.2) is 4.79 Å². The van der Waals surface area contributed by atoms with Crippen LogP contribution in [0.3, 0.4) is 0 Å². The Balaban J connectivity index is 1.86. The van der Waals surface area contributed by atoms with Gasteiger partial charge in [0.1, 0.15) is 6.04 Å². The molecule has 2 N–H and O–H groups in total. The lowest BCUT2D eigenvalue weighted by Crippen LogP contribution is -2.49. The predicted octanol–water partition coefficient (Wildman–Crippen LogP) is 1.71.